The fourth-order valence-electron chi connectivity index (χ4n) is 3.67. The van der Waals surface area contributed by atoms with E-state index in [1.807, 2.05) is 6.92 Å². The van der Waals surface area contributed by atoms with Crippen molar-refractivity contribution < 1.29 is 19.3 Å². The van der Waals surface area contributed by atoms with Crippen LogP contribution in [0.4, 0.5) is 5.69 Å². The van der Waals surface area contributed by atoms with Crippen LogP contribution in [0, 0.1) is 11.3 Å². The first kappa shape index (κ1) is 20.9. The Kier molecular flexibility index (Phi) is 6.23. The lowest BCUT2D eigenvalue weighted by atomic mass is 9.84. The number of ether oxygens (including phenoxy) is 3. The Morgan fingerprint density at radius 2 is 2.00 bits per heavy atom. The highest BCUT2D eigenvalue weighted by molar-refractivity contribution is 5.52. The summed E-state index contributed by atoms with van der Waals surface area (Å²) in [5, 5.41) is 23.9. The van der Waals surface area contributed by atoms with E-state index in [0.29, 0.717) is 29.1 Å². The Morgan fingerprint density at radius 1 is 1.28 bits per heavy atom. The number of aliphatic hydroxyl groups excluding tert-OH is 1. The van der Waals surface area contributed by atoms with E-state index in [1.165, 1.54) is 20.3 Å². The quantitative estimate of drug-likeness (QED) is 0.730. The van der Waals surface area contributed by atoms with E-state index in [-0.39, 0.29) is 18.8 Å². The maximum Gasteiger partial charge on any atom is 0.250 e. The van der Waals surface area contributed by atoms with Gasteiger partial charge in [0.25, 0.3) is 5.56 Å². The summed E-state index contributed by atoms with van der Waals surface area (Å²) in [6.45, 7) is 2.62. The third-order valence-corrected chi connectivity index (χ3v) is 5.07. The van der Waals surface area contributed by atoms with Gasteiger partial charge in [0, 0.05) is 38.6 Å². The molecule has 0 saturated carbocycles. The van der Waals surface area contributed by atoms with Crippen LogP contribution in [-0.4, -0.2) is 48.8 Å². The zero-order valence-electron chi connectivity index (χ0n) is 16.7. The van der Waals surface area contributed by atoms with Crippen molar-refractivity contribution in [2.24, 2.45) is 0 Å². The van der Waals surface area contributed by atoms with Gasteiger partial charge in [0.2, 0.25) is 0 Å². The van der Waals surface area contributed by atoms with Gasteiger partial charge in [0.15, 0.2) is 5.60 Å². The number of hydrogen-bond donors (Lipinski definition) is 2. The number of aliphatic hydroxyl groups is 1. The van der Waals surface area contributed by atoms with Crippen LogP contribution in [0.3, 0.4) is 0 Å². The van der Waals surface area contributed by atoms with Crippen molar-refractivity contribution in [1.82, 2.24) is 4.57 Å². The van der Waals surface area contributed by atoms with Crippen molar-refractivity contribution in [2.45, 2.75) is 31.2 Å². The Labute approximate surface area is 169 Å². The van der Waals surface area contributed by atoms with Gasteiger partial charge in [-0.2, -0.15) is 5.26 Å². The number of aryl methyl sites for hydroxylation is 1. The number of benzene rings is 1. The van der Waals surface area contributed by atoms with E-state index in [0.717, 1.165) is 0 Å². The molecule has 154 valence electrons. The first-order valence-corrected chi connectivity index (χ1v) is 9.34. The number of rotatable bonds is 7. The Bertz CT molecular complexity index is 960. The lowest BCUT2D eigenvalue weighted by Gasteiger charge is -2.45. The van der Waals surface area contributed by atoms with E-state index in [9.17, 15) is 15.2 Å². The number of hydrogen-bond acceptors (Lipinski definition) is 7. The molecular formula is C21H25N3O5. The third kappa shape index (κ3) is 3.98. The molecule has 1 aromatic heterocycles. The molecule has 29 heavy (non-hydrogen) atoms. The molecule has 0 bridgehead atoms. The summed E-state index contributed by atoms with van der Waals surface area (Å²) < 4.78 is 18.4. The smallest absolute Gasteiger partial charge is 0.250 e. The molecular weight excluding hydrogens is 374 g/mol. The first-order valence-electron chi connectivity index (χ1n) is 9.34. The van der Waals surface area contributed by atoms with Gasteiger partial charge in [-0.3, -0.25) is 4.79 Å². The Morgan fingerprint density at radius 3 is 2.62 bits per heavy atom. The lowest BCUT2D eigenvalue weighted by Crippen LogP contribution is -2.60. The number of nitrogens with one attached hydrogen (secondary N) is 1. The number of nitrogens with zero attached hydrogens (tertiary/aromatic N) is 2. The minimum Gasteiger partial charge on any atom is -0.479 e. The van der Waals surface area contributed by atoms with E-state index in [4.69, 9.17) is 14.2 Å². The minimum absolute atomic E-state index is 0.105. The summed E-state index contributed by atoms with van der Waals surface area (Å²) in [6.07, 6.45) is 0.651. The van der Waals surface area contributed by atoms with Crippen LogP contribution in [0.2, 0.25) is 0 Å². The van der Waals surface area contributed by atoms with Crippen LogP contribution in [0.25, 0.3) is 0 Å². The van der Waals surface area contributed by atoms with Crippen molar-refractivity contribution in [3.63, 3.8) is 0 Å². The molecule has 0 unspecified atom stereocenters. The molecule has 0 aliphatic carbocycles. The van der Waals surface area contributed by atoms with Crippen molar-refractivity contribution in [3.8, 4) is 11.8 Å². The molecule has 1 aliphatic rings. The summed E-state index contributed by atoms with van der Waals surface area (Å²) >= 11 is 0. The molecule has 2 N–H and O–H groups in total. The number of anilines is 1. The van der Waals surface area contributed by atoms with Crippen molar-refractivity contribution in [2.75, 3.05) is 32.8 Å². The highest BCUT2D eigenvalue weighted by Crippen LogP contribution is 2.42. The molecule has 0 radical (unpaired) electrons. The molecule has 2 atom stereocenters. The average Bonchev–Trinajstić information content (AvgIpc) is 2.72. The van der Waals surface area contributed by atoms with Crippen LogP contribution in [-0.2, 0) is 16.0 Å². The monoisotopic (exact) mass is 399 g/mol. The third-order valence-electron chi connectivity index (χ3n) is 5.07. The SMILES string of the molecule is CCn1cc(N[C@@H]2c3cc(C#N)ccc3OC(COC)(COC)[C@H]2O)ccc1=O. The first-order chi connectivity index (χ1) is 14.0. The predicted molar refractivity (Wildman–Crippen MR) is 107 cm³/mol. The van der Waals surface area contributed by atoms with E-state index in [2.05, 4.69) is 11.4 Å². The maximum absolute atomic E-state index is 11.9. The zero-order valence-corrected chi connectivity index (χ0v) is 16.7. The molecule has 2 aromatic rings. The minimum atomic E-state index is -1.14. The van der Waals surface area contributed by atoms with Gasteiger partial charge in [-0.15, -0.1) is 0 Å². The van der Waals surface area contributed by atoms with Gasteiger partial charge < -0.3 is 29.2 Å². The number of nitriles is 1. The number of fused-ring (bicyclic) bond motifs is 1. The van der Waals surface area contributed by atoms with Gasteiger partial charge in [0.05, 0.1) is 36.6 Å². The van der Waals surface area contributed by atoms with Crippen molar-refractivity contribution in [3.05, 3.63) is 58.0 Å². The summed E-state index contributed by atoms with van der Waals surface area (Å²) in [4.78, 5) is 11.9. The lowest BCUT2D eigenvalue weighted by molar-refractivity contribution is -0.142. The van der Waals surface area contributed by atoms with E-state index >= 15 is 0 Å². The van der Waals surface area contributed by atoms with Crippen LogP contribution in [0.1, 0.15) is 24.1 Å². The van der Waals surface area contributed by atoms with Gasteiger partial charge in [-0.25, -0.2) is 0 Å². The number of pyridine rings is 1. The predicted octanol–water partition coefficient (Wildman–Crippen LogP) is 1.68. The molecule has 2 heterocycles. The maximum atomic E-state index is 11.9. The molecule has 8 heteroatoms. The average molecular weight is 399 g/mol. The van der Waals surface area contributed by atoms with Crippen molar-refractivity contribution >= 4 is 5.69 Å². The van der Waals surface area contributed by atoms with Crippen LogP contribution in [0.15, 0.2) is 41.3 Å². The topological polar surface area (TPSA) is 106 Å². The standard InChI is InChI=1S/C21H25N3O5/c1-4-24-11-15(6-8-18(24)25)23-19-16-9-14(10-22)5-7-17(16)29-21(12-27-2,13-28-3)20(19)26/h5-9,11,19-20,23,26H,4,12-13H2,1-3H3/t19-,20+/m1/s1. The normalized spacial score (nSPS) is 19.7. The molecule has 8 nitrogen and oxygen atoms in total. The van der Waals surface area contributed by atoms with Gasteiger partial charge >= 0.3 is 0 Å². The summed E-state index contributed by atoms with van der Waals surface area (Å²) in [6, 6.07) is 9.70. The van der Waals surface area contributed by atoms with Crippen LogP contribution < -0.4 is 15.6 Å². The van der Waals surface area contributed by atoms with Gasteiger partial charge in [0.1, 0.15) is 11.9 Å². The second kappa shape index (κ2) is 8.66. The zero-order chi connectivity index (χ0) is 21.0. The molecule has 0 fully saturated rings. The fourth-order valence-corrected chi connectivity index (χ4v) is 3.67. The molecule has 0 saturated heterocycles. The fraction of sp³-hybridized carbons (Fsp3) is 0.429. The van der Waals surface area contributed by atoms with Crippen LogP contribution >= 0.6 is 0 Å². The highest BCUT2D eigenvalue weighted by atomic mass is 16.6. The van der Waals surface area contributed by atoms with E-state index < -0.39 is 17.7 Å². The number of aromatic nitrogens is 1. The molecule has 0 amide bonds. The molecule has 1 aliphatic heterocycles. The second-order valence-corrected chi connectivity index (χ2v) is 7.01. The van der Waals surface area contributed by atoms with Gasteiger partial charge in [-0.05, 0) is 31.2 Å². The van der Waals surface area contributed by atoms with Crippen LogP contribution in [0.5, 0.6) is 5.75 Å². The molecule has 0 spiro atoms. The van der Waals surface area contributed by atoms with E-state index in [1.54, 1.807) is 35.0 Å². The summed E-state index contributed by atoms with van der Waals surface area (Å²) in [7, 11) is 3.06. The number of methoxy groups -OCH3 is 2. The summed E-state index contributed by atoms with van der Waals surface area (Å²) in [5.41, 5.74) is 0.520. The largest absolute Gasteiger partial charge is 0.479 e. The summed E-state index contributed by atoms with van der Waals surface area (Å²) in [5.74, 6) is 0.532. The molecule has 1 aromatic carbocycles. The second-order valence-electron chi connectivity index (χ2n) is 7.01. The Hall–Kier alpha value is -2.86. The Balaban J connectivity index is 2.09. The highest BCUT2D eigenvalue weighted by Gasteiger charge is 2.50. The van der Waals surface area contributed by atoms with Crippen molar-refractivity contribution in [1.29, 1.82) is 5.26 Å². The molecule has 3 rings (SSSR count). The van der Waals surface area contributed by atoms with Gasteiger partial charge in [-0.1, -0.05) is 0 Å².